The monoisotopic (exact) mass is 330 g/mol. The van der Waals surface area contributed by atoms with Crippen molar-refractivity contribution in [3.63, 3.8) is 0 Å². The van der Waals surface area contributed by atoms with Crippen molar-refractivity contribution in [2.45, 2.75) is 12.5 Å². The third-order valence-electron chi connectivity index (χ3n) is 4.24. The van der Waals surface area contributed by atoms with E-state index in [2.05, 4.69) is 14.7 Å². The molecule has 9 heteroatoms. The maximum atomic E-state index is 12.9. The summed E-state index contributed by atoms with van der Waals surface area (Å²) < 4.78 is 43.6. The summed E-state index contributed by atoms with van der Waals surface area (Å²) in [5.41, 5.74) is 0. The Morgan fingerprint density at radius 3 is 2.86 bits per heavy atom. The van der Waals surface area contributed by atoms with Crippen LogP contribution in [-0.4, -0.2) is 57.0 Å². The van der Waals surface area contributed by atoms with Crippen LogP contribution in [0, 0.1) is 17.7 Å². The lowest BCUT2D eigenvalue weighted by Crippen LogP contribution is -2.45. The van der Waals surface area contributed by atoms with Crippen LogP contribution in [0.2, 0.25) is 0 Å². The molecule has 0 aliphatic carbocycles. The number of sulfonamides is 1. The van der Waals surface area contributed by atoms with Gasteiger partial charge in [0.1, 0.15) is 0 Å². The van der Waals surface area contributed by atoms with E-state index in [0.29, 0.717) is 25.0 Å². The number of ether oxygens (including phenoxy) is 1. The molecule has 3 atom stereocenters. The zero-order valence-corrected chi connectivity index (χ0v) is 13.1. The lowest BCUT2D eigenvalue weighted by molar-refractivity contribution is 0.0954. The zero-order chi connectivity index (χ0) is 15.7. The minimum Gasteiger partial charge on any atom is -0.376 e. The van der Waals surface area contributed by atoms with Gasteiger partial charge in [-0.2, -0.15) is 0 Å². The predicted octanol–water partition coefficient (Wildman–Crippen LogP) is 0.00620. The second-order valence-corrected chi connectivity index (χ2v) is 7.69. The van der Waals surface area contributed by atoms with Crippen LogP contribution in [0.3, 0.4) is 0 Å². The average Bonchev–Trinajstić information content (AvgIpc) is 2.87. The van der Waals surface area contributed by atoms with E-state index in [1.54, 1.807) is 0 Å². The van der Waals surface area contributed by atoms with Crippen molar-refractivity contribution in [2.24, 2.45) is 11.8 Å². The molecule has 2 aliphatic heterocycles. The summed E-state index contributed by atoms with van der Waals surface area (Å²) in [6, 6.07) is 0. The van der Waals surface area contributed by atoms with Crippen LogP contribution in [0.4, 0.5) is 10.3 Å². The van der Waals surface area contributed by atoms with Gasteiger partial charge < -0.3 is 9.64 Å². The highest BCUT2D eigenvalue weighted by Crippen LogP contribution is 2.34. The smallest absolute Gasteiger partial charge is 0.225 e. The molecule has 1 aromatic rings. The summed E-state index contributed by atoms with van der Waals surface area (Å²) in [6.45, 7) is 2.41. The van der Waals surface area contributed by atoms with Crippen LogP contribution < -0.4 is 9.62 Å². The number of halogens is 1. The van der Waals surface area contributed by atoms with Crippen LogP contribution >= 0.6 is 0 Å². The van der Waals surface area contributed by atoms with Crippen molar-refractivity contribution in [1.29, 1.82) is 0 Å². The van der Waals surface area contributed by atoms with Gasteiger partial charge in [-0.15, -0.1) is 0 Å². The maximum absolute atomic E-state index is 12.9. The molecule has 1 N–H and O–H groups in total. The number of fused-ring (bicyclic) bond motifs is 1. The molecule has 0 saturated carbocycles. The summed E-state index contributed by atoms with van der Waals surface area (Å²) >= 11 is 0. The Labute approximate surface area is 128 Å². The molecule has 122 valence electrons. The fourth-order valence-corrected chi connectivity index (χ4v) is 3.59. The quantitative estimate of drug-likeness (QED) is 0.837. The number of piperidine rings is 1. The van der Waals surface area contributed by atoms with Gasteiger partial charge in [0.05, 0.1) is 31.4 Å². The Kier molecular flexibility index (Phi) is 4.28. The van der Waals surface area contributed by atoms with Crippen molar-refractivity contribution in [3.05, 3.63) is 18.2 Å². The Morgan fingerprint density at radius 2 is 2.18 bits per heavy atom. The van der Waals surface area contributed by atoms with Gasteiger partial charge >= 0.3 is 0 Å². The van der Waals surface area contributed by atoms with Gasteiger partial charge in [-0.25, -0.2) is 27.5 Å². The summed E-state index contributed by atoms with van der Waals surface area (Å²) in [7, 11) is -3.23. The maximum Gasteiger partial charge on any atom is 0.225 e. The van der Waals surface area contributed by atoms with Crippen molar-refractivity contribution in [3.8, 4) is 0 Å². The number of rotatable bonds is 4. The largest absolute Gasteiger partial charge is 0.376 e. The van der Waals surface area contributed by atoms with E-state index in [1.807, 2.05) is 4.90 Å². The minimum absolute atomic E-state index is 0.150. The number of aromatic nitrogens is 2. The van der Waals surface area contributed by atoms with E-state index in [9.17, 15) is 12.8 Å². The molecule has 2 fully saturated rings. The second kappa shape index (κ2) is 6.05. The first kappa shape index (κ1) is 15.6. The highest BCUT2D eigenvalue weighted by molar-refractivity contribution is 7.88. The summed E-state index contributed by atoms with van der Waals surface area (Å²) in [5, 5.41) is 0. The van der Waals surface area contributed by atoms with Crippen LogP contribution in [-0.2, 0) is 14.8 Å². The van der Waals surface area contributed by atoms with Gasteiger partial charge in [0.15, 0.2) is 5.82 Å². The summed E-state index contributed by atoms with van der Waals surface area (Å²) in [4.78, 5) is 10.0. The van der Waals surface area contributed by atoms with Crippen LogP contribution in [0.25, 0.3) is 0 Å². The molecular formula is C13H19FN4O3S. The van der Waals surface area contributed by atoms with Crippen molar-refractivity contribution >= 4 is 16.0 Å². The molecule has 0 spiro atoms. The van der Waals surface area contributed by atoms with Gasteiger partial charge in [-0.3, -0.25) is 0 Å². The van der Waals surface area contributed by atoms with Crippen LogP contribution in [0.1, 0.15) is 6.42 Å². The molecule has 1 aromatic heterocycles. The predicted molar refractivity (Wildman–Crippen MR) is 78.4 cm³/mol. The number of nitrogens with one attached hydrogen (secondary N) is 1. The Morgan fingerprint density at radius 1 is 1.45 bits per heavy atom. The molecule has 0 amide bonds. The van der Waals surface area contributed by atoms with E-state index in [1.165, 1.54) is 0 Å². The zero-order valence-electron chi connectivity index (χ0n) is 12.3. The lowest BCUT2D eigenvalue weighted by Gasteiger charge is -2.35. The van der Waals surface area contributed by atoms with Crippen LogP contribution in [0.15, 0.2) is 12.4 Å². The highest BCUT2D eigenvalue weighted by atomic mass is 32.2. The molecule has 3 heterocycles. The lowest BCUT2D eigenvalue weighted by atomic mass is 9.85. The fourth-order valence-electron chi connectivity index (χ4n) is 3.12. The standard InChI is InChI=1S/C13H19FN4O3S/c1-22(19,20)17-6-12-11-7-18(3-2-9(11)8-21-12)13-15-4-10(14)5-16-13/h4-5,9,11-12,17H,2-3,6-8H2,1H3/t9-,11-,12+/m0/s1. The van der Waals surface area contributed by atoms with Crippen LogP contribution in [0.5, 0.6) is 0 Å². The van der Waals surface area contributed by atoms with E-state index < -0.39 is 15.8 Å². The first-order chi connectivity index (χ1) is 10.4. The second-order valence-electron chi connectivity index (χ2n) is 5.85. The van der Waals surface area contributed by atoms with Crippen molar-refractivity contribution in [1.82, 2.24) is 14.7 Å². The molecule has 7 nitrogen and oxygen atoms in total. The summed E-state index contributed by atoms with van der Waals surface area (Å²) in [5.74, 6) is 0.680. The SMILES string of the molecule is CS(=O)(=O)NC[C@H]1OC[C@@H]2CCN(c3ncc(F)cn3)C[C@@H]21. The number of nitrogens with zero attached hydrogens (tertiary/aromatic N) is 3. The Balaban J connectivity index is 1.67. The van der Waals surface area contributed by atoms with Crippen molar-refractivity contribution < 1.29 is 17.5 Å². The summed E-state index contributed by atoms with van der Waals surface area (Å²) in [6.07, 6.45) is 4.23. The molecule has 2 saturated heterocycles. The third kappa shape index (κ3) is 3.53. The third-order valence-corrected chi connectivity index (χ3v) is 4.94. The van der Waals surface area contributed by atoms with Gasteiger partial charge in [-0.1, -0.05) is 0 Å². The van der Waals surface area contributed by atoms with Gasteiger partial charge in [0.25, 0.3) is 0 Å². The molecule has 2 aliphatic rings. The minimum atomic E-state index is -3.23. The van der Waals surface area contributed by atoms with E-state index >= 15 is 0 Å². The Bertz CT molecular complexity index is 625. The van der Waals surface area contributed by atoms with Gasteiger partial charge in [-0.05, 0) is 12.3 Å². The average molecular weight is 330 g/mol. The number of anilines is 1. The molecular weight excluding hydrogens is 311 g/mol. The molecule has 0 unspecified atom stereocenters. The molecule has 22 heavy (non-hydrogen) atoms. The van der Waals surface area contributed by atoms with Gasteiger partial charge in [0.2, 0.25) is 16.0 Å². The van der Waals surface area contributed by atoms with E-state index in [-0.39, 0.29) is 18.6 Å². The fraction of sp³-hybridized carbons (Fsp3) is 0.692. The molecule has 0 radical (unpaired) electrons. The molecule has 3 rings (SSSR count). The Hall–Kier alpha value is -1.32. The van der Waals surface area contributed by atoms with Crippen molar-refractivity contribution in [2.75, 3.05) is 37.4 Å². The first-order valence-corrected chi connectivity index (χ1v) is 9.10. The molecule has 0 aromatic carbocycles. The molecule has 0 bridgehead atoms. The number of hydrogen-bond donors (Lipinski definition) is 1. The first-order valence-electron chi connectivity index (χ1n) is 7.21. The van der Waals surface area contributed by atoms with Gasteiger partial charge in [0, 0.05) is 25.6 Å². The van der Waals surface area contributed by atoms with E-state index in [0.717, 1.165) is 31.6 Å². The van der Waals surface area contributed by atoms with E-state index in [4.69, 9.17) is 4.74 Å². The topological polar surface area (TPSA) is 84.4 Å². The normalized spacial score (nSPS) is 28.6. The number of hydrogen-bond acceptors (Lipinski definition) is 6. The highest BCUT2D eigenvalue weighted by Gasteiger charge is 2.41.